The summed E-state index contributed by atoms with van der Waals surface area (Å²) < 4.78 is 51.1. The second kappa shape index (κ2) is 5.46. The molecule has 0 aliphatic heterocycles. The SMILES string of the molecule is Fc1cc(Nc2cc(C(F)(F)F)cc(Cl)n2)ccc1Cl. The van der Waals surface area contributed by atoms with Crippen molar-refractivity contribution in [2.45, 2.75) is 6.18 Å². The summed E-state index contributed by atoms with van der Waals surface area (Å²) in [6.07, 6.45) is -4.55. The highest BCUT2D eigenvalue weighted by Crippen LogP contribution is 2.32. The Bertz CT molecular complexity index is 644. The minimum Gasteiger partial charge on any atom is -0.340 e. The average molecular weight is 325 g/mol. The van der Waals surface area contributed by atoms with Gasteiger partial charge in [0, 0.05) is 5.69 Å². The van der Waals surface area contributed by atoms with Gasteiger partial charge in [-0.25, -0.2) is 9.37 Å². The van der Waals surface area contributed by atoms with Crippen LogP contribution < -0.4 is 5.32 Å². The fourth-order valence-electron chi connectivity index (χ4n) is 1.45. The maximum atomic E-state index is 13.2. The van der Waals surface area contributed by atoms with E-state index in [0.29, 0.717) is 6.07 Å². The number of anilines is 2. The highest BCUT2D eigenvalue weighted by molar-refractivity contribution is 6.30. The molecule has 0 fully saturated rings. The third-order valence-corrected chi connectivity index (χ3v) is 2.81. The Morgan fingerprint density at radius 2 is 1.75 bits per heavy atom. The predicted molar refractivity (Wildman–Crippen MR) is 68.9 cm³/mol. The Labute approximate surface area is 121 Å². The number of rotatable bonds is 2. The number of aromatic nitrogens is 1. The van der Waals surface area contributed by atoms with Crippen molar-refractivity contribution >= 4 is 34.7 Å². The molecule has 2 nitrogen and oxygen atoms in total. The van der Waals surface area contributed by atoms with E-state index in [4.69, 9.17) is 23.2 Å². The number of nitrogens with zero attached hydrogens (tertiary/aromatic N) is 1. The van der Waals surface area contributed by atoms with E-state index in [1.54, 1.807) is 0 Å². The van der Waals surface area contributed by atoms with Crippen molar-refractivity contribution in [2.24, 2.45) is 0 Å². The lowest BCUT2D eigenvalue weighted by atomic mass is 10.2. The van der Waals surface area contributed by atoms with Gasteiger partial charge in [0.1, 0.15) is 16.8 Å². The third-order valence-electron chi connectivity index (χ3n) is 2.31. The van der Waals surface area contributed by atoms with E-state index in [2.05, 4.69) is 10.3 Å². The summed E-state index contributed by atoms with van der Waals surface area (Å²) in [6.45, 7) is 0. The minimum atomic E-state index is -4.55. The van der Waals surface area contributed by atoms with Gasteiger partial charge in [-0.15, -0.1) is 0 Å². The van der Waals surface area contributed by atoms with E-state index in [1.807, 2.05) is 0 Å². The monoisotopic (exact) mass is 324 g/mol. The minimum absolute atomic E-state index is 0.0921. The molecule has 1 aromatic heterocycles. The Kier molecular flexibility index (Phi) is 4.06. The molecule has 0 aliphatic carbocycles. The van der Waals surface area contributed by atoms with Crippen LogP contribution in [0.25, 0.3) is 0 Å². The van der Waals surface area contributed by atoms with Gasteiger partial charge >= 0.3 is 6.18 Å². The fourth-order valence-corrected chi connectivity index (χ4v) is 1.77. The van der Waals surface area contributed by atoms with Crippen molar-refractivity contribution < 1.29 is 17.6 Å². The second-order valence-corrected chi connectivity index (χ2v) is 4.61. The predicted octanol–water partition coefficient (Wildman–Crippen LogP) is 5.29. The van der Waals surface area contributed by atoms with Crippen molar-refractivity contribution in [3.63, 3.8) is 0 Å². The first-order chi connectivity index (χ1) is 9.25. The van der Waals surface area contributed by atoms with Gasteiger partial charge in [0.05, 0.1) is 10.6 Å². The number of hydrogen-bond donors (Lipinski definition) is 1. The summed E-state index contributed by atoms with van der Waals surface area (Å²) >= 11 is 11.0. The third kappa shape index (κ3) is 3.52. The number of alkyl halides is 3. The molecule has 0 bridgehead atoms. The molecule has 0 saturated heterocycles. The van der Waals surface area contributed by atoms with Crippen molar-refractivity contribution in [3.05, 3.63) is 51.9 Å². The number of halogens is 6. The highest BCUT2D eigenvalue weighted by Gasteiger charge is 2.31. The van der Waals surface area contributed by atoms with Crippen molar-refractivity contribution in [1.29, 1.82) is 0 Å². The van der Waals surface area contributed by atoms with Gasteiger partial charge in [-0.05, 0) is 30.3 Å². The summed E-state index contributed by atoms with van der Waals surface area (Å²) in [7, 11) is 0. The number of pyridine rings is 1. The van der Waals surface area contributed by atoms with Crippen LogP contribution in [-0.2, 0) is 6.18 Å². The molecular weight excluding hydrogens is 319 g/mol. The van der Waals surface area contributed by atoms with Gasteiger partial charge in [0.25, 0.3) is 0 Å². The Morgan fingerprint density at radius 3 is 2.35 bits per heavy atom. The van der Waals surface area contributed by atoms with Crippen molar-refractivity contribution in [1.82, 2.24) is 4.98 Å². The van der Waals surface area contributed by atoms with Gasteiger partial charge in [0.2, 0.25) is 0 Å². The summed E-state index contributed by atoms with van der Waals surface area (Å²) in [5.74, 6) is -0.846. The Balaban J connectivity index is 2.33. The lowest BCUT2D eigenvalue weighted by molar-refractivity contribution is -0.137. The molecule has 0 aliphatic rings. The molecule has 0 radical (unpaired) electrons. The molecule has 0 atom stereocenters. The summed E-state index contributed by atoms with van der Waals surface area (Å²) in [5, 5.41) is 2.12. The van der Waals surface area contributed by atoms with Crippen molar-refractivity contribution in [3.8, 4) is 0 Å². The zero-order valence-electron chi connectivity index (χ0n) is 9.60. The molecular formula is C12H6Cl2F4N2. The first-order valence-corrected chi connectivity index (χ1v) is 5.98. The molecule has 106 valence electrons. The zero-order chi connectivity index (χ0) is 14.9. The summed E-state index contributed by atoms with van der Waals surface area (Å²) in [6, 6.07) is 5.20. The van der Waals surface area contributed by atoms with Crippen LogP contribution in [0.1, 0.15) is 5.56 Å². The highest BCUT2D eigenvalue weighted by atomic mass is 35.5. The van der Waals surface area contributed by atoms with Crippen LogP contribution in [0.15, 0.2) is 30.3 Å². The fraction of sp³-hybridized carbons (Fsp3) is 0.0833. The van der Waals surface area contributed by atoms with E-state index >= 15 is 0 Å². The van der Waals surface area contributed by atoms with E-state index in [9.17, 15) is 17.6 Å². The Morgan fingerprint density at radius 1 is 1.05 bits per heavy atom. The average Bonchev–Trinajstić information content (AvgIpc) is 2.32. The molecule has 2 rings (SSSR count). The van der Waals surface area contributed by atoms with Crippen LogP contribution >= 0.6 is 23.2 Å². The lowest BCUT2D eigenvalue weighted by Gasteiger charge is -2.11. The smallest absolute Gasteiger partial charge is 0.340 e. The second-order valence-electron chi connectivity index (χ2n) is 3.82. The number of hydrogen-bond acceptors (Lipinski definition) is 2. The van der Waals surface area contributed by atoms with Crippen LogP contribution in [0.3, 0.4) is 0 Å². The maximum Gasteiger partial charge on any atom is 0.416 e. The summed E-state index contributed by atoms with van der Waals surface area (Å²) in [5.41, 5.74) is -0.746. The normalized spacial score (nSPS) is 11.5. The maximum absolute atomic E-state index is 13.2. The van der Waals surface area contributed by atoms with Crippen LogP contribution in [0.4, 0.5) is 29.1 Å². The molecule has 0 saturated carbocycles. The van der Waals surface area contributed by atoms with E-state index < -0.39 is 17.6 Å². The molecule has 1 aromatic carbocycles. The van der Waals surface area contributed by atoms with Gasteiger partial charge < -0.3 is 5.32 Å². The molecule has 8 heteroatoms. The lowest BCUT2D eigenvalue weighted by Crippen LogP contribution is -2.06. The standard InChI is InChI=1S/C12H6Cl2F4N2/c13-8-2-1-7(5-9(8)15)19-11-4-6(12(16,17)18)3-10(14)20-11/h1-5H,(H,19,20). The molecule has 20 heavy (non-hydrogen) atoms. The van der Waals surface area contributed by atoms with Crippen molar-refractivity contribution in [2.75, 3.05) is 5.32 Å². The summed E-state index contributed by atoms with van der Waals surface area (Å²) in [4.78, 5) is 3.69. The molecule has 0 amide bonds. The molecule has 1 N–H and O–H groups in total. The topological polar surface area (TPSA) is 24.9 Å². The van der Waals surface area contributed by atoms with Crippen LogP contribution in [0.5, 0.6) is 0 Å². The molecule has 2 aromatic rings. The van der Waals surface area contributed by atoms with Crippen LogP contribution in [-0.4, -0.2) is 4.98 Å². The quantitative estimate of drug-likeness (QED) is 0.599. The van der Waals surface area contributed by atoms with Crippen LogP contribution in [0, 0.1) is 5.82 Å². The first-order valence-electron chi connectivity index (χ1n) is 5.22. The molecule has 0 spiro atoms. The van der Waals surface area contributed by atoms with Gasteiger partial charge in [-0.1, -0.05) is 23.2 Å². The van der Waals surface area contributed by atoms with Crippen LogP contribution in [0.2, 0.25) is 10.2 Å². The van der Waals surface area contributed by atoms with Gasteiger partial charge in [-0.2, -0.15) is 13.2 Å². The van der Waals surface area contributed by atoms with E-state index in [-0.39, 0.29) is 21.7 Å². The van der Waals surface area contributed by atoms with E-state index in [1.165, 1.54) is 12.1 Å². The van der Waals surface area contributed by atoms with Gasteiger partial charge in [0.15, 0.2) is 0 Å². The first kappa shape index (κ1) is 14.9. The number of benzene rings is 1. The molecule has 0 unspecified atom stereocenters. The van der Waals surface area contributed by atoms with E-state index in [0.717, 1.165) is 12.1 Å². The van der Waals surface area contributed by atoms with Gasteiger partial charge in [-0.3, -0.25) is 0 Å². The largest absolute Gasteiger partial charge is 0.416 e. The number of nitrogens with one attached hydrogen (secondary N) is 1. The molecule has 1 heterocycles. The Hall–Kier alpha value is -1.53. The zero-order valence-corrected chi connectivity index (χ0v) is 11.1.